The second kappa shape index (κ2) is 9.57. The molecule has 0 fully saturated rings. The van der Waals surface area contributed by atoms with Crippen LogP contribution >= 0.6 is 15.9 Å². The summed E-state index contributed by atoms with van der Waals surface area (Å²) < 4.78 is 11.8. The molecule has 7 nitrogen and oxygen atoms in total. The fourth-order valence-electron chi connectivity index (χ4n) is 2.71. The Bertz CT molecular complexity index is 859. The monoisotopic (exact) mass is 447 g/mol. The first-order valence-corrected chi connectivity index (χ1v) is 9.73. The molecule has 0 unspecified atom stereocenters. The van der Waals surface area contributed by atoms with E-state index in [0.717, 1.165) is 10.2 Å². The van der Waals surface area contributed by atoms with Gasteiger partial charge in [0, 0.05) is 29.2 Å². The minimum atomic E-state index is -0.137. The Labute approximate surface area is 172 Å². The molecule has 1 aliphatic heterocycles. The zero-order valence-corrected chi connectivity index (χ0v) is 17.1. The van der Waals surface area contributed by atoms with E-state index in [-0.39, 0.29) is 24.8 Å². The summed E-state index contributed by atoms with van der Waals surface area (Å²) in [5, 5.41) is 5.68. The standard InChI is InChI=1S/C20H22BrN3O4/c1-24(13-20(26)23-16-5-3-2-4-15(16)21)9-8-19(25)22-14-6-7-17-18(12-14)28-11-10-27-17/h2-7,12H,8-11,13H2,1H3,(H,22,25)(H,23,26). The van der Waals surface area contributed by atoms with E-state index in [1.165, 1.54) is 0 Å². The van der Waals surface area contributed by atoms with Gasteiger partial charge >= 0.3 is 0 Å². The summed E-state index contributed by atoms with van der Waals surface area (Å²) >= 11 is 3.40. The molecule has 1 aliphatic rings. The van der Waals surface area contributed by atoms with E-state index in [0.29, 0.717) is 36.9 Å². The van der Waals surface area contributed by atoms with Crippen LogP contribution in [-0.4, -0.2) is 50.1 Å². The van der Waals surface area contributed by atoms with Gasteiger partial charge in [-0.25, -0.2) is 0 Å². The molecule has 3 rings (SSSR count). The number of carbonyl (C=O) groups excluding carboxylic acids is 2. The van der Waals surface area contributed by atoms with Gasteiger partial charge in [0.1, 0.15) is 13.2 Å². The first kappa shape index (κ1) is 20.2. The number of amides is 2. The summed E-state index contributed by atoms with van der Waals surface area (Å²) in [6.45, 7) is 1.68. The van der Waals surface area contributed by atoms with Crippen molar-refractivity contribution >= 4 is 39.1 Å². The molecule has 0 saturated heterocycles. The van der Waals surface area contributed by atoms with Crippen LogP contribution in [0.1, 0.15) is 6.42 Å². The van der Waals surface area contributed by atoms with E-state index >= 15 is 0 Å². The molecule has 0 bridgehead atoms. The van der Waals surface area contributed by atoms with Crippen LogP contribution in [0.5, 0.6) is 11.5 Å². The summed E-state index contributed by atoms with van der Waals surface area (Å²) in [4.78, 5) is 26.1. The highest BCUT2D eigenvalue weighted by Gasteiger charge is 2.14. The molecule has 0 radical (unpaired) electrons. The molecule has 28 heavy (non-hydrogen) atoms. The summed E-state index contributed by atoms with van der Waals surface area (Å²) in [7, 11) is 1.80. The summed E-state index contributed by atoms with van der Waals surface area (Å²) in [5.74, 6) is 1.04. The van der Waals surface area contributed by atoms with Crippen molar-refractivity contribution in [2.75, 3.05) is 44.0 Å². The molecule has 8 heteroatoms. The average molecular weight is 448 g/mol. The lowest BCUT2D eigenvalue weighted by molar-refractivity contribution is -0.119. The molecule has 0 aliphatic carbocycles. The van der Waals surface area contributed by atoms with E-state index in [2.05, 4.69) is 26.6 Å². The fraction of sp³-hybridized carbons (Fsp3) is 0.300. The van der Waals surface area contributed by atoms with Gasteiger partial charge in [-0.15, -0.1) is 0 Å². The normalized spacial score (nSPS) is 12.5. The van der Waals surface area contributed by atoms with Gasteiger partial charge in [-0.3, -0.25) is 14.5 Å². The number of nitrogens with zero attached hydrogens (tertiary/aromatic N) is 1. The maximum atomic E-state index is 12.2. The van der Waals surface area contributed by atoms with Crippen molar-refractivity contribution in [1.82, 2.24) is 4.90 Å². The third kappa shape index (κ3) is 5.71. The number of ether oxygens (including phenoxy) is 2. The molecular formula is C20H22BrN3O4. The number of rotatable bonds is 7. The van der Waals surface area contributed by atoms with Gasteiger partial charge in [-0.05, 0) is 47.2 Å². The Hall–Kier alpha value is -2.58. The molecule has 148 valence electrons. The van der Waals surface area contributed by atoms with Crippen molar-refractivity contribution < 1.29 is 19.1 Å². The Morgan fingerprint density at radius 2 is 1.79 bits per heavy atom. The Balaban J connectivity index is 1.42. The quantitative estimate of drug-likeness (QED) is 0.681. The number of benzene rings is 2. The summed E-state index contributed by atoms with van der Waals surface area (Å²) in [6, 6.07) is 12.7. The molecule has 1 heterocycles. The fourth-order valence-corrected chi connectivity index (χ4v) is 3.10. The number of likely N-dealkylation sites (N-methyl/N-ethyl adjacent to an activating group) is 1. The second-order valence-electron chi connectivity index (χ2n) is 6.42. The Morgan fingerprint density at radius 1 is 1.04 bits per heavy atom. The summed E-state index contributed by atoms with van der Waals surface area (Å²) in [6.07, 6.45) is 0.271. The molecule has 0 saturated carbocycles. The van der Waals surface area contributed by atoms with Crippen LogP contribution in [0.4, 0.5) is 11.4 Å². The third-order valence-electron chi connectivity index (χ3n) is 4.11. The van der Waals surface area contributed by atoms with Gasteiger partial charge in [-0.1, -0.05) is 12.1 Å². The van der Waals surface area contributed by atoms with Crippen LogP contribution in [0.25, 0.3) is 0 Å². The van der Waals surface area contributed by atoms with E-state index in [1.54, 1.807) is 30.1 Å². The van der Waals surface area contributed by atoms with Crippen LogP contribution in [0.3, 0.4) is 0 Å². The SMILES string of the molecule is CN(CCC(=O)Nc1ccc2c(c1)OCCO2)CC(=O)Nc1ccccc1Br. The number of halogens is 1. The van der Waals surface area contributed by atoms with Gasteiger partial charge in [0.2, 0.25) is 11.8 Å². The Kier molecular flexibility index (Phi) is 6.89. The van der Waals surface area contributed by atoms with Crippen molar-refractivity contribution in [2.45, 2.75) is 6.42 Å². The lowest BCUT2D eigenvalue weighted by atomic mass is 10.2. The number of hydrogen-bond acceptors (Lipinski definition) is 5. The van der Waals surface area contributed by atoms with Gasteiger partial charge < -0.3 is 20.1 Å². The predicted octanol–water partition coefficient (Wildman–Crippen LogP) is 3.12. The van der Waals surface area contributed by atoms with Gasteiger partial charge in [0.25, 0.3) is 0 Å². The second-order valence-corrected chi connectivity index (χ2v) is 7.28. The smallest absolute Gasteiger partial charge is 0.238 e. The molecule has 2 N–H and O–H groups in total. The first-order valence-electron chi connectivity index (χ1n) is 8.93. The first-order chi connectivity index (χ1) is 13.5. The molecule has 2 amide bonds. The largest absolute Gasteiger partial charge is 0.486 e. The third-order valence-corrected chi connectivity index (χ3v) is 4.80. The highest BCUT2D eigenvalue weighted by Crippen LogP contribution is 2.32. The van der Waals surface area contributed by atoms with Crippen molar-refractivity contribution in [2.24, 2.45) is 0 Å². The van der Waals surface area contributed by atoms with Crippen LogP contribution in [0.2, 0.25) is 0 Å². The highest BCUT2D eigenvalue weighted by atomic mass is 79.9. The molecule has 2 aromatic rings. The van der Waals surface area contributed by atoms with Crippen molar-refractivity contribution in [1.29, 1.82) is 0 Å². The maximum Gasteiger partial charge on any atom is 0.238 e. The molecular weight excluding hydrogens is 426 g/mol. The number of anilines is 2. The number of fused-ring (bicyclic) bond motifs is 1. The van der Waals surface area contributed by atoms with Crippen molar-refractivity contribution in [3.05, 3.63) is 46.9 Å². The lowest BCUT2D eigenvalue weighted by Crippen LogP contribution is -2.32. The topological polar surface area (TPSA) is 79.9 Å². The van der Waals surface area contributed by atoms with Crippen LogP contribution in [-0.2, 0) is 9.59 Å². The predicted molar refractivity (Wildman–Crippen MR) is 111 cm³/mol. The minimum absolute atomic E-state index is 0.130. The highest BCUT2D eigenvalue weighted by molar-refractivity contribution is 9.10. The maximum absolute atomic E-state index is 12.2. The molecule has 0 atom stereocenters. The number of hydrogen-bond donors (Lipinski definition) is 2. The molecule has 0 aromatic heterocycles. The van der Waals surface area contributed by atoms with Crippen LogP contribution < -0.4 is 20.1 Å². The summed E-state index contributed by atoms with van der Waals surface area (Å²) in [5.41, 5.74) is 1.38. The van der Waals surface area contributed by atoms with Crippen molar-refractivity contribution in [3.63, 3.8) is 0 Å². The molecule has 0 spiro atoms. The zero-order chi connectivity index (χ0) is 19.9. The number of nitrogens with one attached hydrogen (secondary N) is 2. The minimum Gasteiger partial charge on any atom is -0.486 e. The Morgan fingerprint density at radius 3 is 2.57 bits per heavy atom. The van der Waals surface area contributed by atoms with E-state index in [4.69, 9.17) is 9.47 Å². The number of para-hydroxylation sites is 1. The van der Waals surface area contributed by atoms with Gasteiger partial charge in [0.15, 0.2) is 11.5 Å². The van der Waals surface area contributed by atoms with Gasteiger partial charge in [0.05, 0.1) is 12.2 Å². The van der Waals surface area contributed by atoms with Crippen LogP contribution in [0, 0.1) is 0 Å². The van der Waals surface area contributed by atoms with E-state index in [9.17, 15) is 9.59 Å². The van der Waals surface area contributed by atoms with E-state index in [1.807, 2.05) is 24.3 Å². The number of carbonyl (C=O) groups is 2. The average Bonchev–Trinajstić information content (AvgIpc) is 2.68. The van der Waals surface area contributed by atoms with Gasteiger partial charge in [-0.2, -0.15) is 0 Å². The molecule has 2 aromatic carbocycles. The van der Waals surface area contributed by atoms with Crippen LogP contribution in [0.15, 0.2) is 46.9 Å². The van der Waals surface area contributed by atoms with E-state index < -0.39 is 0 Å². The van der Waals surface area contributed by atoms with Crippen molar-refractivity contribution in [3.8, 4) is 11.5 Å². The lowest BCUT2D eigenvalue weighted by Gasteiger charge is -2.19. The zero-order valence-electron chi connectivity index (χ0n) is 15.5.